The van der Waals surface area contributed by atoms with Crippen LogP contribution >= 0.6 is 0 Å². The van der Waals surface area contributed by atoms with Gasteiger partial charge in [-0.1, -0.05) is 41.5 Å². The van der Waals surface area contributed by atoms with E-state index in [1.54, 1.807) is 0 Å². The Bertz CT molecular complexity index is 1040. The van der Waals surface area contributed by atoms with E-state index in [-0.39, 0.29) is 28.4 Å². The first-order valence-corrected chi connectivity index (χ1v) is 14.1. The summed E-state index contributed by atoms with van der Waals surface area (Å²) in [6.07, 6.45) is 5.93. The SMILES string of the molecule is CC(C)(C)C1CCC(CC(=O)O)(CC(=O)O)CC1.[C-]#[N+]C1C(=O)[N+](=N)C(=O)C([N+]#[C-])C12CCC(C(C)(C)C)CC2. The van der Waals surface area contributed by atoms with Gasteiger partial charge in [-0.25, -0.2) is 22.7 Å². The van der Waals surface area contributed by atoms with E-state index in [1.807, 2.05) is 0 Å². The van der Waals surface area contributed by atoms with Crippen molar-refractivity contribution in [2.75, 3.05) is 0 Å². The highest BCUT2D eigenvalue weighted by Crippen LogP contribution is 2.52. The van der Waals surface area contributed by atoms with E-state index in [9.17, 15) is 19.2 Å². The highest BCUT2D eigenvalue weighted by atomic mass is 16.4. The smallest absolute Gasteiger partial charge is 0.481 e. The average Bonchev–Trinajstić information content (AvgIpc) is 2.82. The van der Waals surface area contributed by atoms with E-state index >= 15 is 0 Å². The van der Waals surface area contributed by atoms with E-state index in [0.717, 1.165) is 25.7 Å². The molecule has 0 bridgehead atoms. The largest absolute Gasteiger partial charge is 0.503 e. The Kier molecular flexibility index (Phi) is 10.1. The van der Waals surface area contributed by atoms with Crippen molar-refractivity contribution >= 4 is 23.8 Å². The lowest BCUT2D eigenvalue weighted by molar-refractivity contribution is -0.472. The lowest BCUT2D eigenvalue weighted by Gasteiger charge is -2.43. The molecule has 0 aromatic heterocycles. The molecule has 3 aliphatic rings. The van der Waals surface area contributed by atoms with Gasteiger partial charge in [0.15, 0.2) is 0 Å². The zero-order valence-corrected chi connectivity index (χ0v) is 24.7. The molecule has 1 aliphatic heterocycles. The first-order valence-electron chi connectivity index (χ1n) is 14.1. The van der Waals surface area contributed by atoms with Crippen molar-refractivity contribution in [2.24, 2.45) is 33.5 Å². The monoisotopic (exact) mass is 557 g/mol. The number of carbonyl (C=O) groups excluding carboxylic acids is 2. The van der Waals surface area contributed by atoms with Gasteiger partial charge >= 0.3 is 35.8 Å². The predicted octanol–water partition coefficient (Wildman–Crippen LogP) is 6.05. The van der Waals surface area contributed by atoms with Gasteiger partial charge < -0.3 is 10.2 Å². The van der Waals surface area contributed by atoms with Crippen LogP contribution in [0, 0.1) is 52.2 Å². The maximum atomic E-state index is 12.2. The fourth-order valence-corrected chi connectivity index (χ4v) is 7.08. The molecule has 1 spiro atoms. The van der Waals surface area contributed by atoms with Crippen molar-refractivity contribution in [3.05, 3.63) is 22.8 Å². The van der Waals surface area contributed by atoms with Crippen molar-refractivity contribution < 1.29 is 34.1 Å². The molecule has 2 aliphatic carbocycles. The van der Waals surface area contributed by atoms with Crippen LogP contribution in [0.1, 0.15) is 106 Å². The highest BCUT2D eigenvalue weighted by molar-refractivity contribution is 5.94. The fraction of sp³-hybridized carbons (Fsp3) is 0.800. The molecule has 1 heterocycles. The third-order valence-corrected chi connectivity index (χ3v) is 9.72. The van der Waals surface area contributed by atoms with Gasteiger partial charge in [-0.3, -0.25) is 19.3 Å². The second kappa shape index (κ2) is 12.2. The minimum absolute atomic E-state index is 0.0177. The summed E-state index contributed by atoms with van der Waals surface area (Å²) in [4.78, 5) is 53.1. The van der Waals surface area contributed by atoms with Gasteiger partial charge in [0.2, 0.25) is 0 Å². The first-order chi connectivity index (χ1) is 18.3. The number of imide groups is 1. The highest BCUT2D eigenvalue weighted by Gasteiger charge is 2.73. The molecule has 1 saturated heterocycles. The summed E-state index contributed by atoms with van der Waals surface area (Å²) in [7, 11) is 0. The molecular formula is C30H45N4O6+. The average molecular weight is 558 g/mol. The lowest BCUT2D eigenvalue weighted by Crippen LogP contribution is -2.61. The number of rotatable bonds is 4. The van der Waals surface area contributed by atoms with Crippen LogP contribution in [0.25, 0.3) is 9.69 Å². The molecular weight excluding hydrogens is 512 g/mol. The second-order valence-electron chi connectivity index (χ2n) is 14.2. The van der Waals surface area contributed by atoms with Gasteiger partial charge in [0.25, 0.3) is 0 Å². The third kappa shape index (κ3) is 7.13. The van der Waals surface area contributed by atoms with Crippen molar-refractivity contribution in [3.63, 3.8) is 0 Å². The number of nitrogens with zero attached hydrogens (tertiary/aromatic N) is 3. The fourth-order valence-electron chi connectivity index (χ4n) is 7.08. The van der Waals surface area contributed by atoms with Gasteiger partial charge in [-0.15, -0.1) is 0 Å². The van der Waals surface area contributed by atoms with Gasteiger partial charge in [-0.05, 0) is 85.0 Å². The van der Waals surface area contributed by atoms with E-state index in [4.69, 9.17) is 28.9 Å². The Morgan fingerprint density at radius 3 is 1.40 bits per heavy atom. The minimum Gasteiger partial charge on any atom is -0.481 e. The first kappa shape index (κ1) is 33.1. The quantitative estimate of drug-likeness (QED) is 0.218. The molecule has 40 heavy (non-hydrogen) atoms. The molecule has 0 aromatic rings. The van der Waals surface area contributed by atoms with Crippen LogP contribution in [0.5, 0.6) is 0 Å². The van der Waals surface area contributed by atoms with Crippen LogP contribution in [0.3, 0.4) is 0 Å². The summed E-state index contributed by atoms with van der Waals surface area (Å²) in [6.45, 7) is 27.8. The van der Waals surface area contributed by atoms with Crippen LogP contribution in [-0.4, -0.2) is 50.7 Å². The Morgan fingerprint density at radius 1 is 0.800 bits per heavy atom. The van der Waals surface area contributed by atoms with Crippen LogP contribution < -0.4 is 0 Å². The second-order valence-corrected chi connectivity index (χ2v) is 14.2. The summed E-state index contributed by atoms with van der Waals surface area (Å²) >= 11 is 0. The van der Waals surface area contributed by atoms with Crippen LogP contribution in [0.4, 0.5) is 0 Å². The molecule has 220 valence electrons. The molecule has 0 radical (unpaired) electrons. The zero-order valence-electron chi connectivity index (χ0n) is 24.7. The standard InChI is InChI=1S/C16H21N4O2.C14H24O4/c1-15(2,3)10-6-8-16(9-7-10)11(18-4)13(21)20(17)14(22)12(16)19-5;1-13(2,3)10-4-6-14(7-5-10,8-11(15)16)9-12(17)18/h10-12,17H,6-9H2,1-3H3;10H,4-9H2,1-3H3,(H,15,16)(H,17,18)/q+1;. The normalized spacial score (nSPS) is 29.1. The number of carboxylic acids is 2. The number of hydrogen-bond donors (Lipinski definition) is 3. The Hall–Kier alpha value is -3.14. The maximum absolute atomic E-state index is 12.2. The van der Waals surface area contributed by atoms with Crippen molar-refractivity contribution in [3.8, 4) is 0 Å². The number of amides is 2. The van der Waals surface area contributed by atoms with Crippen molar-refractivity contribution in [2.45, 2.75) is 118 Å². The number of nitrogens with one attached hydrogen (secondary N) is 1. The van der Waals surface area contributed by atoms with Crippen molar-refractivity contribution in [1.82, 2.24) is 0 Å². The van der Waals surface area contributed by atoms with E-state index in [2.05, 4.69) is 51.2 Å². The zero-order chi connectivity index (χ0) is 30.7. The summed E-state index contributed by atoms with van der Waals surface area (Å²) in [6, 6.07) is -2.16. The molecule has 2 unspecified atom stereocenters. The van der Waals surface area contributed by atoms with E-state index in [0.29, 0.717) is 37.5 Å². The Balaban J connectivity index is 0.000000286. The summed E-state index contributed by atoms with van der Waals surface area (Å²) in [5.41, 5.74) is 6.46. The molecule has 2 amide bonds. The molecule has 2 atom stereocenters. The van der Waals surface area contributed by atoms with Crippen molar-refractivity contribution in [1.29, 1.82) is 5.53 Å². The van der Waals surface area contributed by atoms with Crippen LogP contribution in [-0.2, 0) is 19.2 Å². The van der Waals surface area contributed by atoms with Crippen LogP contribution in [0.2, 0.25) is 0 Å². The topological polar surface area (TPSA) is 144 Å². The predicted molar refractivity (Wildman–Crippen MR) is 146 cm³/mol. The maximum Gasteiger partial charge on any atom is 0.503 e. The Morgan fingerprint density at radius 2 is 1.12 bits per heavy atom. The molecule has 3 N–H and O–H groups in total. The molecule has 10 nitrogen and oxygen atoms in total. The van der Waals surface area contributed by atoms with E-state index < -0.39 is 46.7 Å². The molecule has 0 aromatic carbocycles. The van der Waals surface area contributed by atoms with Gasteiger partial charge in [0, 0.05) is 4.70 Å². The van der Waals surface area contributed by atoms with Gasteiger partial charge in [0.05, 0.1) is 12.8 Å². The number of hydrogen-bond acceptors (Lipinski definition) is 5. The lowest BCUT2D eigenvalue weighted by atomic mass is 9.57. The number of piperidine rings is 1. The summed E-state index contributed by atoms with van der Waals surface area (Å²) < 4.78 is 0.229. The number of carbonyl (C=O) groups is 4. The Labute approximate surface area is 237 Å². The molecule has 2 saturated carbocycles. The number of aliphatic carboxylic acids is 2. The third-order valence-electron chi connectivity index (χ3n) is 9.72. The van der Waals surface area contributed by atoms with E-state index in [1.165, 1.54) is 0 Å². The minimum atomic E-state index is -1.08. The molecule has 3 rings (SSSR count). The number of carboxylic acid groups (broad SMARTS) is 2. The molecule has 10 heteroatoms. The molecule has 3 fully saturated rings. The van der Waals surface area contributed by atoms with Gasteiger partial charge in [-0.2, -0.15) is 0 Å². The summed E-state index contributed by atoms with van der Waals surface area (Å²) in [5, 5.41) is 18.0. The van der Waals surface area contributed by atoms with Crippen LogP contribution in [0.15, 0.2) is 0 Å². The summed E-state index contributed by atoms with van der Waals surface area (Å²) in [5.74, 6) is -2.29. The van der Waals surface area contributed by atoms with Gasteiger partial charge in [0.1, 0.15) is 5.41 Å².